The van der Waals surface area contributed by atoms with Gasteiger partial charge in [-0.25, -0.2) is 0 Å². The number of rotatable bonds is 3. The van der Waals surface area contributed by atoms with Crippen molar-refractivity contribution in [1.82, 2.24) is 0 Å². The lowest BCUT2D eigenvalue weighted by Gasteiger charge is -2.17. The maximum Gasteiger partial charge on any atom is 0.119 e. The zero-order chi connectivity index (χ0) is 11.0. The van der Waals surface area contributed by atoms with E-state index >= 15 is 0 Å². The predicted molar refractivity (Wildman–Crippen MR) is 60.2 cm³/mol. The Bertz CT molecular complexity index is 344. The van der Waals surface area contributed by atoms with Crippen molar-refractivity contribution in [2.24, 2.45) is 5.92 Å². The van der Waals surface area contributed by atoms with Crippen LogP contribution < -0.4 is 4.74 Å². The maximum absolute atomic E-state index is 10.1. The number of ether oxygens (including phenoxy) is 1. The molecule has 1 N–H and O–H groups in total. The molecule has 0 spiro atoms. The van der Waals surface area contributed by atoms with Crippen LogP contribution in [0.3, 0.4) is 0 Å². The number of aliphatic hydroxyl groups excluding tert-OH is 1. The summed E-state index contributed by atoms with van der Waals surface area (Å²) in [6, 6.07) is 3.99. The third-order valence-corrected chi connectivity index (χ3v) is 3.17. The molecule has 1 unspecified atom stereocenters. The fourth-order valence-electron chi connectivity index (χ4n) is 2.17. The molecule has 0 aromatic heterocycles. The third kappa shape index (κ3) is 2.00. The third-order valence-electron chi connectivity index (χ3n) is 3.17. The van der Waals surface area contributed by atoms with E-state index < -0.39 is 0 Å². The van der Waals surface area contributed by atoms with Gasteiger partial charge in [-0.1, -0.05) is 0 Å². The minimum Gasteiger partial charge on any atom is -0.497 e. The largest absolute Gasteiger partial charge is 0.497 e. The zero-order valence-corrected chi connectivity index (χ0v) is 9.58. The van der Waals surface area contributed by atoms with Gasteiger partial charge in [-0.15, -0.1) is 0 Å². The Morgan fingerprint density at radius 3 is 2.20 bits per heavy atom. The van der Waals surface area contributed by atoms with E-state index in [1.165, 1.54) is 0 Å². The topological polar surface area (TPSA) is 29.5 Å². The molecule has 0 saturated heterocycles. The van der Waals surface area contributed by atoms with Crippen molar-refractivity contribution in [3.05, 3.63) is 28.8 Å². The summed E-state index contributed by atoms with van der Waals surface area (Å²) < 4.78 is 5.21. The Hall–Kier alpha value is -1.02. The molecule has 0 aliphatic heterocycles. The van der Waals surface area contributed by atoms with Gasteiger partial charge in [0.1, 0.15) is 5.75 Å². The molecule has 1 aliphatic rings. The van der Waals surface area contributed by atoms with E-state index in [2.05, 4.69) is 0 Å². The van der Waals surface area contributed by atoms with Gasteiger partial charge in [-0.2, -0.15) is 0 Å². The fraction of sp³-hybridized carbons (Fsp3) is 0.538. The number of hydrogen-bond donors (Lipinski definition) is 1. The van der Waals surface area contributed by atoms with Gasteiger partial charge in [-0.05, 0) is 61.4 Å². The molecule has 1 atom stereocenters. The molecule has 0 radical (unpaired) electrons. The standard InChI is InChI=1S/C13H18O2/c1-8-6-11(15-3)7-9(2)12(8)13(14)10-4-5-10/h6-7,10,13-14H,4-5H2,1-3H3. The average Bonchev–Trinajstić information content (AvgIpc) is 2.99. The Balaban J connectivity index is 2.37. The molecule has 82 valence electrons. The molecule has 1 saturated carbocycles. The summed E-state index contributed by atoms with van der Waals surface area (Å²) in [4.78, 5) is 0. The van der Waals surface area contributed by atoms with Gasteiger partial charge in [0.15, 0.2) is 0 Å². The molecule has 1 aliphatic carbocycles. The van der Waals surface area contributed by atoms with Crippen LogP contribution in [0.15, 0.2) is 12.1 Å². The summed E-state index contributed by atoms with van der Waals surface area (Å²) in [6.45, 7) is 4.08. The maximum atomic E-state index is 10.1. The summed E-state index contributed by atoms with van der Waals surface area (Å²) in [5.41, 5.74) is 3.36. The molecule has 0 heterocycles. The molecule has 2 heteroatoms. The summed E-state index contributed by atoms with van der Waals surface area (Å²) >= 11 is 0. The lowest BCUT2D eigenvalue weighted by atomic mass is 9.95. The Morgan fingerprint density at radius 1 is 1.27 bits per heavy atom. The van der Waals surface area contributed by atoms with Crippen molar-refractivity contribution in [1.29, 1.82) is 0 Å². The second-order valence-corrected chi connectivity index (χ2v) is 4.46. The molecule has 0 amide bonds. The molecule has 15 heavy (non-hydrogen) atoms. The monoisotopic (exact) mass is 206 g/mol. The van der Waals surface area contributed by atoms with Crippen LogP contribution in [0.1, 0.15) is 35.6 Å². The van der Waals surface area contributed by atoms with E-state index in [0.717, 1.165) is 35.3 Å². The van der Waals surface area contributed by atoms with Crippen LogP contribution in [0.4, 0.5) is 0 Å². The first-order chi connectivity index (χ1) is 7.13. The zero-order valence-electron chi connectivity index (χ0n) is 9.58. The second-order valence-electron chi connectivity index (χ2n) is 4.46. The van der Waals surface area contributed by atoms with Crippen LogP contribution in [0.2, 0.25) is 0 Å². The highest BCUT2D eigenvalue weighted by molar-refractivity contribution is 5.42. The molecule has 2 rings (SSSR count). The quantitative estimate of drug-likeness (QED) is 0.824. The van der Waals surface area contributed by atoms with Gasteiger partial charge in [0.25, 0.3) is 0 Å². The Morgan fingerprint density at radius 2 is 1.80 bits per heavy atom. The normalized spacial score (nSPS) is 17.6. The molecule has 1 aromatic rings. The molecular weight excluding hydrogens is 188 g/mol. The van der Waals surface area contributed by atoms with Crippen LogP contribution in [-0.2, 0) is 0 Å². The van der Waals surface area contributed by atoms with Crippen LogP contribution in [-0.4, -0.2) is 12.2 Å². The average molecular weight is 206 g/mol. The lowest BCUT2D eigenvalue weighted by Crippen LogP contribution is -2.05. The van der Waals surface area contributed by atoms with E-state index in [-0.39, 0.29) is 6.10 Å². The molecule has 0 bridgehead atoms. The number of hydrogen-bond acceptors (Lipinski definition) is 2. The lowest BCUT2D eigenvalue weighted by molar-refractivity contribution is 0.152. The van der Waals surface area contributed by atoms with Crippen molar-refractivity contribution in [2.75, 3.05) is 7.11 Å². The highest BCUT2D eigenvalue weighted by atomic mass is 16.5. The van der Waals surface area contributed by atoms with Gasteiger partial charge in [0.05, 0.1) is 13.2 Å². The number of aliphatic hydroxyl groups is 1. The van der Waals surface area contributed by atoms with Gasteiger partial charge in [-0.3, -0.25) is 0 Å². The van der Waals surface area contributed by atoms with Crippen LogP contribution in [0.25, 0.3) is 0 Å². The van der Waals surface area contributed by atoms with Crippen molar-refractivity contribution < 1.29 is 9.84 Å². The molecule has 1 aromatic carbocycles. The fourth-order valence-corrected chi connectivity index (χ4v) is 2.17. The SMILES string of the molecule is COc1cc(C)c(C(O)C2CC2)c(C)c1. The van der Waals surface area contributed by atoms with Crippen molar-refractivity contribution in [2.45, 2.75) is 32.8 Å². The first kappa shape index (κ1) is 10.5. The van der Waals surface area contributed by atoms with Gasteiger partial charge in [0.2, 0.25) is 0 Å². The first-order valence-corrected chi connectivity index (χ1v) is 5.46. The number of aryl methyl sites for hydroxylation is 2. The summed E-state index contributed by atoms with van der Waals surface area (Å²) in [5, 5.41) is 10.1. The predicted octanol–water partition coefficient (Wildman–Crippen LogP) is 2.76. The highest BCUT2D eigenvalue weighted by Gasteiger charge is 2.32. The van der Waals surface area contributed by atoms with Crippen LogP contribution >= 0.6 is 0 Å². The van der Waals surface area contributed by atoms with Crippen molar-refractivity contribution >= 4 is 0 Å². The second kappa shape index (κ2) is 3.86. The first-order valence-electron chi connectivity index (χ1n) is 5.46. The van der Waals surface area contributed by atoms with E-state index in [1.807, 2.05) is 26.0 Å². The summed E-state index contributed by atoms with van der Waals surface area (Å²) in [7, 11) is 1.67. The highest BCUT2D eigenvalue weighted by Crippen LogP contribution is 2.43. The van der Waals surface area contributed by atoms with E-state index in [9.17, 15) is 5.11 Å². The van der Waals surface area contributed by atoms with E-state index in [4.69, 9.17) is 4.74 Å². The van der Waals surface area contributed by atoms with Crippen molar-refractivity contribution in [3.8, 4) is 5.75 Å². The summed E-state index contributed by atoms with van der Waals surface area (Å²) in [5.74, 6) is 1.35. The van der Waals surface area contributed by atoms with E-state index in [0.29, 0.717) is 5.92 Å². The minimum atomic E-state index is -0.282. The Kier molecular flexibility index (Phi) is 2.70. The van der Waals surface area contributed by atoms with Gasteiger partial charge in [0, 0.05) is 0 Å². The Labute approximate surface area is 90.9 Å². The van der Waals surface area contributed by atoms with Gasteiger partial charge < -0.3 is 9.84 Å². The molecule has 1 fully saturated rings. The minimum absolute atomic E-state index is 0.282. The van der Waals surface area contributed by atoms with Crippen molar-refractivity contribution in [3.63, 3.8) is 0 Å². The van der Waals surface area contributed by atoms with Crippen LogP contribution in [0, 0.1) is 19.8 Å². The molecular formula is C13H18O2. The smallest absolute Gasteiger partial charge is 0.119 e. The molecule has 2 nitrogen and oxygen atoms in total. The van der Waals surface area contributed by atoms with E-state index in [1.54, 1.807) is 7.11 Å². The number of methoxy groups -OCH3 is 1. The number of benzene rings is 1. The summed E-state index contributed by atoms with van der Waals surface area (Å²) in [6.07, 6.45) is 2.04. The van der Waals surface area contributed by atoms with Gasteiger partial charge >= 0.3 is 0 Å². The van der Waals surface area contributed by atoms with Crippen LogP contribution in [0.5, 0.6) is 5.75 Å².